The summed E-state index contributed by atoms with van der Waals surface area (Å²) in [7, 11) is -0.584. The van der Waals surface area contributed by atoms with E-state index in [-0.39, 0.29) is 12.3 Å². The topological polar surface area (TPSA) is 81.5 Å². The maximum absolute atomic E-state index is 10.5. The van der Waals surface area contributed by atoms with Crippen molar-refractivity contribution < 1.29 is 14.2 Å². The Hall–Kier alpha value is -0.960. The maximum atomic E-state index is 10.5. The van der Waals surface area contributed by atoms with Crippen molar-refractivity contribution in [2.24, 2.45) is 0 Å². The zero-order valence-corrected chi connectivity index (χ0v) is 8.33. The van der Waals surface area contributed by atoms with Crippen molar-refractivity contribution in [2.45, 2.75) is 6.16 Å². The maximum Gasteiger partial charge on any atom is 0.510 e. The van der Waals surface area contributed by atoms with Gasteiger partial charge in [0.25, 0.3) is 0 Å². The normalized spacial score (nSPS) is 10.2. The average Bonchev–Trinajstić information content (AvgIpc) is 2.04. The van der Waals surface area contributed by atoms with Gasteiger partial charge in [-0.25, -0.2) is 0 Å². The smallest absolute Gasteiger partial charge is 0.496 e. The Labute approximate surface area is 78.0 Å². The predicted octanol–water partition coefficient (Wildman–Crippen LogP) is 2.09. The highest BCUT2D eigenvalue weighted by Crippen LogP contribution is 2.27. The first kappa shape index (κ1) is 12.0. The van der Waals surface area contributed by atoms with Crippen LogP contribution in [0.1, 0.15) is 5.56 Å². The van der Waals surface area contributed by atoms with E-state index in [1.165, 1.54) is 0 Å². The molecule has 0 spiro atoms. The molecule has 1 rings (SSSR count). The second-order valence-corrected chi connectivity index (χ2v) is 3.34. The lowest BCUT2D eigenvalue weighted by molar-refractivity contribution is 0.410. The van der Waals surface area contributed by atoms with Crippen LogP contribution in [0.15, 0.2) is 24.3 Å². The fourth-order valence-electron chi connectivity index (χ4n) is 0.979. The fourth-order valence-corrected chi connectivity index (χ4v) is 1.53. The minimum absolute atomic E-state index is 0. The SMILES string of the molecule is COc1ccccc1C[P+](=O)O.N. The van der Waals surface area contributed by atoms with Gasteiger partial charge in [-0.05, 0) is 10.6 Å². The molecule has 13 heavy (non-hydrogen) atoms. The number of benzene rings is 1. The van der Waals surface area contributed by atoms with Crippen LogP contribution in [0.2, 0.25) is 0 Å². The van der Waals surface area contributed by atoms with Crippen LogP contribution >= 0.6 is 8.03 Å². The lowest BCUT2D eigenvalue weighted by Crippen LogP contribution is -1.88. The third-order valence-corrected chi connectivity index (χ3v) is 2.11. The molecular weight excluding hydrogens is 189 g/mol. The molecule has 1 atom stereocenters. The van der Waals surface area contributed by atoms with E-state index in [2.05, 4.69) is 0 Å². The number of rotatable bonds is 3. The van der Waals surface area contributed by atoms with Crippen LogP contribution in [0.3, 0.4) is 0 Å². The van der Waals surface area contributed by atoms with Gasteiger partial charge in [0, 0.05) is 5.56 Å². The Bertz CT molecular complexity index is 290. The fraction of sp³-hybridized carbons (Fsp3) is 0.250. The molecular formula is C8H13NO3P+. The largest absolute Gasteiger partial charge is 0.510 e. The van der Waals surface area contributed by atoms with E-state index in [1.54, 1.807) is 19.2 Å². The van der Waals surface area contributed by atoms with Gasteiger partial charge in [-0.15, -0.1) is 0 Å². The molecule has 0 bridgehead atoms. The van der Waals surface area contributed by atoms with Crippen molar-refractivity contribution in [3.05, 3.63) is 29.8 Å². The molecule has 0 aliphatic heterocycles. The molecule has 0 aliphatic rings. The Kier molecular flexibility index (Phi) is 5.23. The van der Waals surface area contributed by atoms with Gasteiger partial charge in [0.2, 0.25) is 6.16 Å². The van der Waals surface area contributed by atoms with E-state index in [0.717, 1.165) is 5.56 Å². The molecule has 72 valence electrons. The lowest BCUT2D eigenvalue weighted by Gasteiger charge is -2.01. The minimum Gasteiger partial charge on any atom is -0.496 e. The molecule has 0 saturated heterocycles. The monoisotopic (exact) mass is 202 g/mol. The van der Waals surface area contributed by atoms with Gasteiger partial charge in [0.1, 0.15) is 5.75 Å². The van der Waals surface area contributed by atoms with Crippen LogP contribution in [0.5, 0.6) is 5.75 Å². The number of para-hydroxylation sites is 1. The van der Waals surface area contributed by atoms with Crippen molar-refractivity contribution >= 4 is 8.03 Å². The van der Waals surface area contributed by atoms with Crippen molar-refractivity contribution in [3.8, 4) is 5.75 Å². The summed E-state index contributed by atoms with van der Waals surface area (Å²) >= 11 is 0. The van der Waals surface area contributed by atoms with Crippen LogP contribution in [-0.2, 0) is 10.7 Å². The van der Waals surface area contributed by atoms with Crippen LogP contribution in [0.25, 0.3) is 0 Å². The molecule has 4 N–H and O–H groups in total. The van der Waals surface area contributed by atoms with Crippen molar-refractivity contribution in [1.82, 2.24) is 6.15 Å². The second kappa shape index (κ2) is 5.65. The van der Waals surface area contributed by atoms with Gasteiger partial charge in [-0.1, -0.05) is 18.2 Å². The van der Waals surface area contributed by atoms with Crippen molar-refractivity contribution in [2.75, 3.05) is 7.11 Å². The number of ether oxygens (including phenoxy) is 1. The lowest BCUT2D eigenvalue weighted by atomic mass is 10.2. The molecule has 0 heterocycles. The van der Waals surface area contributed by atoms with Gasteiger partial charge < -0.3 is 10.9 Å². The van der Waals surface area contributed by atoms with Gasteiger partial charge in [0.05, 0.1) is 7.11 Å². The second-order valence-electron chi connectivity index (χ2n) is 2.32. The summed E-state index contributed by atoms with van der Waals surface area (Å²) in [4.78, 5) is 8.68. The minimum atomic E-state index is -2.13. The van der Waals surface area contributed by atoms with Crippen LogP contribution in [-0.4, -0.2) is 12.0 Å². The number of hydrogen-bond acceptors (Lipinski definition) is 3. The van der Waals surface area contributed by atoms with E-state index in [0.29, 0.717) is 5.75 Å². The van der Waals surface area contributed by atoms with E-state index in [4.69, 9.17) is 9.63 Å². The first-order chi connectivity index (χ1) is 5.74. The Balaban J connectivity index is 0.00000144. The summed E-state index contributed by atoms with van der Waals surface area (Å²) in [5.41, 5.74) is 0.767. The molecule has 5 heteroatoms. The Morgan fingerprint density at radius 3 is 2.62 bits per heavy atom. The highest BCUT2D eigenvalue weighted by Gasteiger charge is 2.14. The predicted molar refractivity (Wildman–Crippen MR) is 51.5 cm³/mol. The van der Waals surface area contributed by atoms with Crippen LogP contribution < -0.4 is 10.9 Å². The molecule has 4 nitrogen and oxygen atoms in total. The number of hydrogen-bond donors (Lipinski definition) is 2. The number of methoxy groups -OCH3 is 1. The van der Waals surface area contributed by atoms with E-state index in [1.807, 2.05) is 12.1 Å². The van der Waals surface area contributed by atoms with Gasteiger partial charge in [0.15, 0.2) is 0 Å². The molecule has 0 amide bonds. The molecule has 0 fully saturated rings. The molecule has 1 unspecified atom stereocenters. The summed E-state index contributed by atoms with van der Waals surface area (Å²) in [6, 6.07) is 7.19. The summed E-state index contributed by atoms with van der Waals surface area (Å²) in [5.74, 6) is 0.662. The summed E-state index contributed by atoms with van der Waals surface area (Å²) in [6.07, 6.45) is 0.152. The Morgan fingerprint density at radius 1 is 1.46 bits per heavy atom. The van der Waals surface area contributed by atoms with Gasteiger partial charge in [-0.3, -0.25) is 0 Å². The molecule has 0 radical (unpaired) electrons. The zero-order valence-electron chi connectivity index (χ0n) is 7.43. The quantitative estimate of drug-likeness (QED) is 0.735. The third-order valence-electron chi connectivity index (χ3n) is 1.50. The molecule has 0 aliphatic carbocycles. The van der Waals surface area contributed by atoms with Crippen LogP contribution in [0, 0.1) is 0 Å². The van der Waals surface area contributed by atoms with E-state index < -0.39 is 8.03 Å². The molecule has 1 aromatic rings. The first-order valence-corrected chi connectivity index (χ1v) is 4.89. The van der Waals surface area contributed by atoms with Crippen molar-refractivity contribution in [1.29, 1.82) is 0 Å². The molecule has 1 aromatic carbocycles. The van der Waals surface area contributed by atoms with Crippen molar-refractivity contribution in [3.63, 3.8) is 0 Å². The van der Waals surface area contributed by atoms with Gasteiger partial charge >= 0.3 is 8.03 Å². The van der Waals surface area contributed by atoms with E-state index in [9.17, 15) is 4.57 Å². The molecule has 0 aromatic heterocycles. The Morgan fingerprint density at radius 2 is 2.08 bits per heavy atom. The summed E-state index contributed by atoms with van der Waals surface area (Å²) in [5, 5.41) is 0. The van der Waals surface area contributed by atoms with Gasteiger partial charge in [-0.2, -0.15) is 4.89 Å². The molecule has 0 saturated carbocycles. The average molecular weight is 202 g/mol. The third kappa shape index (κ3) is 3.51. The first-order valence-electron chi connectivity index (χ1n) is 3.49. The highest BCUT2D eigenvalue weighted by molar-refractivity contribution is 7.37. The summed E-state index contributed by atoms with van der Waals surface area (Å²) < 4.78 is 15.5. The van der Waals surface area contributed by atoms with E-state index >= 15 is 0 Å². The highest BCUT2D eigenvalue weighted by atomic mass is 31.1. The van der Waals surface area contributed by atoms with Crippen LogP contribution in [0.4, 0.5) is 0 Å². The zero-order chi connectivity index (χ0) is 8.97. The summed E-state index contributed by atoms with van der Waals surface area (Å²) in [6.45, 7) is 0. The standard InChI is InChI=1S/C8H9O3P.H3N/c1-11-8-5-3-2-4-7(8)6-12(9)10;/h2-5H,6H2,1H3;1H3/p+1.